The van der Waals surface area contributed by atoms with E-state index in [1.165, 1.54) is 5.39 Å². The summed E-state index contributed by atoms with van der Waals surface area (Å²) in [6, 6.07) is 10.2. The smallest absolute Gasteiger partial charge is 0.255 e. The SMILES string of the molecule is Cc1cncc(C(=O)N2CCN(c3cncc4ccccc34)CC2)c1. The van der Waals surface area contributed by atoms with Gasteiger partial charge in [-0.05, 0) is 18.6 Å². The van der Waals surface area contributed by atoms with Crippen molar-refractivity contribution in [3.05, 3.63) is 66.2 Å². The van der Waals surface area contributed by atoms with E-state index in [0.29, 0.717) is 18.7 Å². The molecule has 0 bridgehead atoms. The molecule has 1 aliphatic heterocycles. The summed E-state index contributed by atoms with van der Waals surface area (Å²) in [5.41, 5.74) is 2.81. The van der Waals surface area contributed by atoms with E-state index in [2.05, 4.69) is 33.1 Å². The van der Waals surface area contributed by atoms with E-state index >= 15 is 0 Å². The molecule has 1 aromatic carbocycles. The van der Waals surface area contributed by atoms with E-state index in [0.717, 1.165) is 29.7 Å². The molecule has 4 rings (SSSR count). The van der Waals surface area contributed by atoms with Crippen LogP contribution in [0.4, 0.5) is 5.69 Å². The number of pyridine rings is 2. The van der Waals surface area contributed by atoms with Crippen molar-refractivity contribution >= 4 is 22.4 Å². The second kappa shape index (κ2) is 6.51. The molecule has 5 heteroatoms. The van der Waals surface area contributed by atoms with Crippen LogP contribution in [-0.4, -0.2) is 47.0 Å². The molecule has 1 amide bonds. The topological polar surface area (TPSA) is 49.3 Å². The Bertz CT molecular complexity index is 911. The summed E-state index contributed by atoms with van der Waals surface area (Å²) in [5.74, 6) is 0.0619. The second-order valence-corrected chi connectivity index (χ2v) is 6.41. The molecule has 5 nitrogen and oxygen atoms in total. The van der Waals surface area contributed by atoms with Crippen LogP contribution in [0.15, 0.2) is 55.1 Å². The quantitative estimate of drug-likeness (QED) is 0.724. The zero-order chi connectivity index (χ0) is 17.2. The number of aromatic nitrogens is 2. The van der Waals surface area contributed by atoms with Gasteiger partial charge in [-0.15, -0.1) is 0 Å². The lowest BCUT2D eigenvalue weighted by molar-refractivity contribution is 0.0746. The molecular weight excluding hydrogens is 312 g/mol. The average molecular weight is 332 g/mol. The number of piperazine rings is 1. The van der Waals surface area contributed by atoms with Crippen molar-refractivity contribution in [2.24, 2.45) is 0 Å². The van der Waals surface area contributed by atoms with Crippen LogP contribution in [0, 0.1) is 6.92 Å². The number of hydrogen-bond acceptors (Lipinski definition) is 4. The molecule has 25 heavy (non-hydrogen) atoms. The number of rotatable bonds is 2. The number of carbonyl (C=O) groups is 1. The van der Waals surface area contributed by atoms with Crippen LogP contribution in [0.25, 0.3) is 10.8 Å². The first-order valence-corrected chi connectivity index (χ1v) is 8.51. The van der Waals surface area contributed by atoms with Crippen LogP contribution in [0.3, 0.4) is 0 Å². The summed E-state index contributed by atoms with van der Waals surface area (Å²) in [5, 5.41) is 2.35. The van der Waals surface area contributed by atoms with Crippen LogP contribution in [0.2, 0.25) is 0 Å². The highest BCUT2D eigenvalue weighted by Crippen LogP contribution is 2.26. The van der Waals surface area contributed by atoms with E-state index in [-0.39, 0.29) is 5.91 Å². The van der Waals surface area contributed by atoms with Crippen molar-refractivity contribution in [3.8, 4) is 0 Å². The monoisotopic (exact) mass is 332 g/mol. The molecule has 126 valence electrons. The Balaban J connectivity index is 1.50. The van der Waals surface area contributed by atoms with E-state index < -0.39 is 0 Å². The van der Waals surface area contributed by atoms with Crippen molar-refractivity contribution in [1.29, 1.82) is 0 Å². The fraction of sp³-hybridized carbons (Fsp3) is 0.250. The molecule has 2 aromatic heterocycles. The van der Waals surface area contributed by atoms with Crippen LogP contribution in [0.5, 0.6) is 0 Å². The normalized spacial score (nSPS) is 14.8. The molecule has 1 aliphatic rings. The van der Waals surface area contributed by atoms with Crippen LogP contribution >= 0.6 is 0 Å². The summed E-state index contributed by atoms with van der Waals surface area (Å²) >= 11 is 0. The average Bonchev–Trinajstić information content (AvgIpc) is 2.67. The molecule has 1 fully saturated rings. The first-order valence-electron chi connectivity index (χ1n) is 8.51. The highest BCUT2D eigenvalue weighted by atomic mass is 16.2. The third-order valence-corrected chi connectivity index (χ3v) is 4.68. The Hall–Kier alpha value is -2.95. The maximum atomic E-state index is 12.7. The minimum atomic E-state index is 0.0619. The van der Waals surface area contributed by atoms with Gasteiger partial charge in [0.2, 0.25) is 0 Å². The first-order chi connectivity index (χ1) is 12.2. The summed E-state index contributed by atoms with van der Waals surface area (Å²) in [6.07, 6.45) is 7.23. The highest BCUT2D eigenvalue weighted by molar-refractivity contribution is 5.95. The summed E-state index contributed by atoms with van der Waals surface area (Å²) < 4.78 is 0. The van der Waals surface area contributed by atoms with Gasteiger partial charge >= 0.3 is 0 Å². The minimum Gasteiger partial charge on any atom is -0.366 e. The molecular formula is C20H20N4O. The van der Waals surface area contributed by atoms with Crippen LogP contribution < -0.4 is 4.90 Å². The standard InChI is InChI=1S/C20H20N4O/c1-15-10-17(13-21-11-15)20(25)24-8-6-23(7-9-24)19-14-22-12-16-4-2-3-5-18(16)19/h2-5,10-14H,6-9H2,1H3. The molecule has 1 saturated heterocycles. The lowest BCUT2D eigenvalue weighted by Crippen LogP contribution is -2.48. The number of fused-ring (bicyclic) bond motifs is 1. The molecule has 0 unspecified atom stereocenters. The first kappa shape index (κ1) is 15.6. The number of nitrogens with zero attached hydrogens (tertiary/aromatic N) is 4. The van der Waals surface area contributed by atoms with Gasteiger partial charge in [-0.2, -0.15) is 0 Å². The summed E-state index contributed by atoms with van der Waals surface area (Å²) in [7, 11) is 0. The third kappa shape index (κ3) is 3.05. The molecule has 0 saturated carbocycles. The Morgan fingerprint density at radius 2 is 1.72 bits per heavy atom. The highest BCUT2D eigenvalue weighted by Gasteiger charge is 2.23. The predicted octanol–water partition coefficient (Wildman–Crippen LogP) is 2.90. The van der Waals surface area contributed by atoms with Gasteiger partial charge in [-0.1, -0.05) is 24.3 Å². The van der Waals surface area contributed by atoms with Crippen LogP contribution in [0.1, 0.15) is 15.9 Å². The van der Waals surface area contributed by atoms with Gasteiger partial charge in [-0.3, -0.25) is 14.8 Å². The number of amides is 1. The number of hydrogen-bond donors (Lipinski definition) is 0. The maximum absolute atomic E-state index is 12.7. The fourth-order valence-electron chi connectivity index (χ4n) is 3.36. The number of anilines is 1. The number of benzene rings is 1. The zero-order valence-electron chi connectivity index (χ0n) is 14.2. The number of aryl methyl sites for hydroxylation is 1. The lowest BCUT2D eigenvalue weighted by Gasteiger charge is -2.36. The third-order valence-electron chi connectivity index (χ3n) is 4.68. The Labute approximate surface area is 146 Å². The van der Waals surface area contributed by atoms with Crippen molar-refractivity contribution in [2.45, 2.75) is 6.92 Å². The Kier molecular flexibility index (Phi) is 4.06. The van der Waals surface area contributed by atoms with Gasteiger partial charge in [0.05, 0.1) is 17.4 Å². The summed E-state index contributed by atoms with van der Waals surface area (Å²) in [4.78, 5) is 25.4. The Morgan fingerprint density at radius 3 is 2.52 bits per heavy atom. The summed E-state index contributed by atoms with van der Waals surface area (Å²) in [6.45, 7) is 4.97. The van der Waals surface area contributed by atoms with Crippen molar-refractivity contribution in [1.82, 2.24) is 14.9 Å². The lowest BCUT2D eigenvalue weighted by atomic mass is 10.1. The number of carbonyl (C=O) groups excluding carboxylic acids is 1. The molecule has 0 N–H and O–H groups in total. The molecule has 0 radical (unpaired) electrons. The van der Waals surface area contributed by atoms with E-state index in [1.54, 1.807) is 12.4 Å². The molecule has 0 atom stereocenters. The van der Waals surface area contributed by atoms with Gasteiger partial charge in [0.25, 0.3) is 5.91 Å². The molecule has 3 heterocycles. The van der Waals surface area contributed by atoms with Gasteiger partial charge in [0, 0.05) is 55.5 Å². The fourth-order valence-corrected chi connectivity index (χ4v) is 3.36. The van der Waals surface area contributed by atoms with E-state index in [4.69, 9.17) is 0 Å². The van der Waals surface area contributed by atoms with Gasteiger partial charge in [0.15, 0.2) is 0 Å². The van der Waals surface area contributed by atoms with Crippen molar-refractivity contribution in [3.63, 3.8) is 0 Å². The minimum absolute atomic E-state index is 0.0619. The van der Waals surface area contributed by atoms with Gasteiger partial charge in [-0.25, -0.2) is 0 Å². The second-order valence-electron chi connectivity index (χ2n) is 6.41. The predicted molar refractivity (Wildman–Crippen MR) is 98.8 cm³/mol. The molecule has 3 aromatic rings. The van der Waals surface area contributed by atoms with E-state index in [9.17, 15) is 4.79 Å². The van der Waals surface area contributed by atoms with Gasteiger partial charge in [0.1, 0.15) is 0 Å². The van der Waals surface area contributed by atoms with Crippen molar-refractivity contribution in [2.75, 3.05) is 31.1 Å². The maximum Gasteiger partial charge on any atom is 0.255 e. The Morgan fingerprint density at radius 1 is 0.960 bits per heavy atom. The van der Waals surface area contributed by atoms with Crippen molar-refractivity contribution < 1.29 is 4.79 Å². The molecule has 0 aliphatic carbocycles. The van der Waals surface area contributed by atoms with E-state index in [1.807, 2.05) is 36.4 Å². The molecule has 0 spiro atoms. The zero-order valence-corrected chi connectivity index (χ0v) is 14.2. The van der Waals surface area contributed by atoms with Gasteiger partial charge < -0.3 is 9.80 Å². The largest absolute Gasteiger partial charge is 0.366 e. The van der Waals surface area contributed by atoms with Crippen LogP contribution in [-0.2, 0) is 0 Å².